The molecule has 0 saturated carbocycles. The van der Waals surface area contributed by atoms with Gasteiger partial charge in [-0.3, -0.25) is 0 Å². The van der Waals surface area contributed by atoms with Crippen LogP contribution in [0.15, 0.2) is 24.3 Å². The third-order valence-electron chi connectivity index (χ3n) is 1.35. The van der Waals surface area contributed by atoms with Crippen molar-refractivity contribution in [1.29, 1.82) is 0 Å². The number of para-hydroxylation sites is 1. The molecule has 0 radical (unpaired) electrons. The van der Waals surface area contributed by atoms with Gasteiger partial charge in [0.1, 0.15) is 0 Å². The molecule has 0 unspecified atom stereocenters. The van der Waals surface area contributed by atoms with Gasteiger partial charge in [-0.2, -0.15) is 0 Å². The molecule has 1 aromatic rings. The zero-order valence-corrected chi connectivity index (χ0v) is 10.0. The summed E-state index contributed by atoms with van der Waals surface area (Å²) in [7, 11) is 0. The first-order valence-corrected chi connectivity index (χ1v) is 5.25. The Morgan fingerprint density at radius 3 is 2.14 bits per heavy atom. The molecule has 0 aliphatic rings. The van der Waals surface area contributed by atoms with E-state index in [1.54, 1.807) is 0 Å². The van der Waals surface area contributed by atoms with Gasteiger partial charge in [0.05, 0.1) is 0 Å². The molecule has 1 N–H and O–H groups in total. The molecule has 0 amide bonds. The highest BCUT2D eigenvalue weighted by Crippen LogP contribution is 2.11. The van der Waals surface area contributed by atoms with Crippen molar-refractivity contribution in [2.75, 3.05) is 11.7 Å². The number of hydrogen-bond acceptors (Lipinski definition) is 1. The van der Waals surface area contributed by atoms with Crippen molar-refractivity contribution in [1.82, 2.24) is 0 Å². The second kappa shape index (κ2) is 11.9. The minimum atomic E-state index is 1.00. The monoisotopic (exact) mass is 211 g/mol. The Bertz CT molecular complexity index is 263. The van der Waals surface area contributed by atoms with E-state index in [-0.39, 0.29) is 0 Å². The molecule has 1 rings (SSSR count). The molecule has 1 aromatic carbocycles. The van der Waals surface area contributed by atoms with E-state index in [9.17, 15) is 0 Å². The molecule has 0 saturated heterocycles. The molecule has 1 nitrogen and oxygen atoms in total. The Balaban J connectivity index is 0. The van der Waals surface area contributed by atoms with Crippen LogP contribution < -0.4 is 5.32 Å². The minimum Gasteiger partial charge on any atom is -0.315 e. The minimum absolute atomic E-state index is 1.00. The Labute approximate surface area is 92.5 Å². The first-order chi connectivity index (χ1) is 6.84. The van der Waals surface area contributed by atoms with Gasteiger partial charge in [-0.05, 0) is 18.6 Å². The quantitative estimate of drug-likeness (QED) is 0.422. The van der Waals surface area contributed by atoms with Crippen LogP contribution in [0.25, 0.3) is 0 Å². The van der Waals surface area contributed by atoms with E-state index >= 15 is 0 Å². The summed E-state index contributed by atoms with van der Waals surface area (Å²) in [5.41, 5.74) is 2.17. The van der Waals surface area contributed by atoms with Crippen LogP contribution in [-0.2, 0) is 0 Å². The van der Waals surface area contributed by atoms with E-state index in [0.717, 1.165) is 5.69 Å². The lowest BCUT2D eigenvalue weighted by Crippen LogP contribution is -1.88. The number of aryl methyl sites for hydroxylation is 1. The van der Waals surface area contributed by atoms with Crippen LogP contribution in [0.5, 0.6) is 0 Å². The van der Waals surface area contributed by atoms with Gasteiger partial charge in [-0.15, -0.1) is 11.6 Å². The highest BCUT2D eigenvalue weighted by atomic mass is 35.5. The van der Waals surface area contributed by atoms with E-state index in [1.165, 1.54) is 11.9 Å². The maximum absolute atomic E-state index is 5.07. The molecular formula is C12H18ClN. The molecule has 78 valence electrons. The van der Waals surface area contributed by atoms with Gasteiger partial charge in [-0.25, -0.2) is 0 Å². The van der Waals surface area contributed by atoms with Crippen molar-refractivity contribution in [3.63, 3.8) is 0 Å². The van der Waals surface area contributed by atoms with Gasteiger partial charge in [0.25, 0.3) is 0 Å². The smallest absolute Gasteiger partial charge is 0.0488 e. The van der Waals surface area contributed by atoms with Crippen LogP contribution in [-0.4, -0.2) is 6.38 Å². The largest absolute Gasteiger partial charge is 0.315 e. The maximum atomic E-state index is 5.07. The molecular weight excluding hydrogens is 194 g/mol. The van der Waals surface area contributed by atoms with Crippen molar-refractivity contribution in [2.45, 2.75) is 20.8 Å². The highest BCUT2D eigenvalue weighted by molar-refractivity contribution is 6.15. The molecule has 0 spiro atoms. The Morgan fingerprint density at radius 2 is 1.71 bits per heavy atom. The van der Waals surface area contributed by atoms with Gasteiger partial charge in [0.2, 0.25) is 0 Å². The molecule has 0 bridgehead atoms. The number of alkyl halides is 1. The zero-order chi connectivity index (χ0) is 11.4. The number of hydrogen-bond donors (Lipinski definition) is 1. The lowest BCUT2D eigenvalue weighted by atomic mass is 10.2. The van der Waals surface area contributed by atoms with Crippen LogP contribution in [0, 0.1) is 19.4 Å². The highest BCUT2D eigenvalue weighted by Gasteiger charge is 1.90. The Kier molecular flexibility index (Phi) is 13.0. The van der Waals surface area contributed by atoms with E-state index in [0.29, 0.717) is 0 Å². The van der Waals surface area contributed by atoms with E-state index < -0.39 is 0 Å². The van der Waals surface area contributed by atoms with Gasteiger partial charge >= 0.3 is 0 Å². The standard InChI is InChI=1S/C9H9N.C2H6.CH3Cl/c1-3-10-9-7-5-4-6-8(9)2;2*1-2/h1,4-7,10H,2H3;1-2H3;1H3. The summed E-state index contributed by atoms with van der Waals surface area (Å²) < 4.78 is 0. The van der Waals surface area contributed by atoms with E-state index in [4.69, 9.17) is 6.42 Å². The molecule has 0 atom stereocenters. The molecule has 0 fully saturated rings. The van der Waals surface area contributed by atoms with Gasteiger partial charge in [-0.1, -0.05) is 38.5 Å². The fourth-order valence-electron chi connectivity index (χ4n) is 0.791. The molecule has 0 aromatic heterocycles. The number of anilines is 1. The van der Waals surface area contributed by atoms with E-state index in [2.05, 4.69) is 23.0 Å². The van der Waals surface area contributed by atoms with Crippen LogP contribution in [0.4, 0.5) is 5.69 Å². The second-order valence-corrected chi connectivity index (χ2v) is 2.08. The number of halogens is 1. The number of terminal acetylenes is 1. The van der Waals surface area contributed by atoms with Crippen molar-refractivity contribution >= 4 is 17.3 Å². The number of rotatable bonds is 1. The zero-order valence-electron chi connectivity index (χ0n) is 9.26. The predicted octanol–water partition coefficient (Wildman–Crippen LogP) is 3.88. The first-order valence-electron chi connectivity index (χ1n) is 4.49. The average Bonchev–Trinajstić information content (AvgIpc) is 2.28. The number of benzene rings is 1. The van der Waals surface area contributed by atoms with E-state index in [1.807, 2.05) is 45.0 Å². The molecule has 0 aliphatic heterocycles. The maximum Gasteiger partial charge on any atom is 0.0488 e. The summed E-state index contributed by atoms with van der Waals surface area (Å²) >= 11 is 4.64. The lowest BCUT2D eigenvalue weighted by molar-refractivity contribution is 1.45. The third-order valence-corrected chi connectivity index (χ3v) is 1.35. The van der Waals surface area contributed by atoms with Gasteiger partial charge in [0.15, 0.2) is 0 Å². The second-order valence-electron chi connectivity index (χ2n) is 2.08. The van der Waals surface area contributed by atoms with Crippen LogP contribution >= 0.6 is 11.6 Å². The summed E-state index contributed by atoms with van der Waals surface area (Å²) in [6.45, 7) is 6.01. The van der Waals surface area contributed by atoms with Crippen LogP contribution in [0.1, 0.15) is 19.4 Å². The molecule has 14 heavy (non-hydrogen) atoms. The summed E-state index contributed by atoms with van der Waals surface area (Å²) in [5, 5.41) is 2.80. The first kappa shape index (κ1) is 15.3. The number of nitrogens with one attached hydrogen (secondary N) is 1. The van der Waals surface area contributed by atoms with Crippen molar-refractivity contribution in [2.24, 2.45) is 0 Å². The summed E-state index contributed by atoms with van der Waals surface area (Å²) in [4.78, 5) is 0. The topological polar surface area (TPSA) is 12.0 Å². The average molecular weight is 212 g/mol. The SMILES string of the molecule is C#CNc1ccccc1C.CC.CCl. The van der Waals surface area contributed by atoms with Crippen LogP contribution in [0.2, 0.25) is 0 Å². The molecule has 0 heterocycles. The Morgan fingerprint density at radius 1 is 1.21 bits per heavy atom. The normalized spacial score (nSPS) is 6.86. The predicted molar refractivity (Wildman–Crippen MR) is 66.8 cm³/mol. The fraction of sp³-hybridized carbons (Fsp3) is 0.333. The molecule has 2 heteroatoms. The van der Waals surface area contributed by atoms with Crippen molar-refractivity contribution in [3.8, 4) is 12.5 Å². The van der Waals surface area contributed by atoms with Crippen LogP contribution in [0.3, 0.4) is 0 Å². The molecule has 0 aliphatic carbocycles. The van der Waals surface area contributed by atoms with Gasteiger partial charge in [0, 0.05) is 18.1 Å². The Hall–Kier alpha value is -1.13. The van der Waals surface area contributed by atoms with Crippen molar-refractivity contribution < 1.29 is 0 Å². The summed E-state index contributed by atoms with van der Waals surface area (Å²) in [5.74, 6) is 0. The van der Waals surface area contributed by atoms with Gasteiger partial charge < -0.3 is 5.32 Å². The fourth-order valence-corrected chi connectivity index (χ4v) is 0.791. The summed E-state index contributed by atoms with van der Waals surface area (Å²) in [6.07, 6.45) is 6.54. The summed E-state index contributed by atoms with van der Waals surface area (Å²) in [6, 6.07) is 10.3. The third kappa shape index (κ3) is 6.39. The lowest BCUT2D eigenvalue weighted by Gasteiger charge is -2.00. The van der Waals surface area contributed by atoms with Crippen molar-refractivity contribution in [3.05, 3.63) is 29.8 Å².